The minimum absolute atomic E-state index is 0.118. The van der Waals surface area contributed by atoms with E-state index in [4.69, 9.17) is 17.3 Å². The Kier molecular flexibility index (Phi) is 9.46. The number of nitro groups is 1. The monoisotopic (exact) mass is 563 g/mol. The average molecular weight is 564 g/mol. The molecule has 2 heterocycles. The minimum Gasteiger partial charge on any atom is -0.364 e. The number of nitrogens with two attached hydrogens (primary N) is 1. The maximum Gasteiger partial charge on any atom is 0.329 e. The van der Waals surface area contributed by atoms with Gasteiger partial charge >= 0.3 is 5.69 Å². The van der Waals surface area contributed by atoms with Crippen LogP contribution in [0.25, 0.3) is 11.1 Å². The minimum atomic E-state index is -0.436. The summed E-state index contributed by atoms with van der Waals surface area (Å²) in [4.78, 5) is 22.5. The number of aromatic nitrogens is 2. The SMILES string of the molecule is NCc1cccc(-c2cccc(CNc3ncc([N+](=O)[O-])c(NCC4CCC(CN5CCCC5)CC4)n3)c2Cl)c1. The molecule has 0 bridgehead atoms. The van der Waals surface area contributed by atoms with Gasteiger partial charge in [0.2, 0.25) is 11.8 Å². The van der Waals surface area contributed by atoms with Gasteiger partial charge in [-0.25, -0.2) is 4.98 Å². The number of nitrogens with zero attached hydrogens (tertiary/aromatic N) is 4. The molecule has 1 saturated carbocycles. The van der Waals surface area contributed by atoms with Gasteiger partial charge in [0.15, 0.2) is 0 Å². The van der Waals surface area contributed by atoms with Crippen LogP contribution in [0.2, 0.25) is 5.02 Å². The molecule has 1 saturated heterocycles. The molecule has 1 aliphatic carbocycles. The third-order valence-corrected chi connectivity index (χ3v) is 8.64. The summed E-state index contributed by atoms with van der Waals surface area (Å²) in [5.74, 6) is 1.82. The fourth-order valence-electron chi connectivity index (χ4n) is 5.89. The lowest BCUT2D eigenvalue weighted by atomic mass is 9.81. The van der Waals surface area contributed by atoms with Crippen molar-refractivity contribution in [3.63, 3.8) is 0 Å². The van der Waals surface area contributed by atoms with E-state index in [1.165, 1.54) is 51.5 Å². The van der Waals surface area contributed by atoms with Gasteiger partial charge in [-0.3, -0.25) is 10.1 Å². The van der Waals surface area contributed by atoms with E-state index >= 15 is 0 Å². The van der Waals surface area contributed by atoms with Crippen molar-refractivity contribution >= 4 is 29.1 Å². The van der Waals surface area contributed by atoms with E-state index in [1.54, 1.807) is 0 Å². The maximum absolute atomic E-state index is 11.7. The second kappa shape index (κ2) is 13.4. The zero-order chi connectivity index (χ0) is 27.9. The third-order valence-electron chi connectivity index (χ3n) is 8.20. The highest BCUT2D eigenvalue weighted by molar-refractivity contribution is 6.34. The highest BCUT2D eigenvalue weighted by Gasteiger charge is 2.25. The molecular weight excluding hydrogens is 526 g/mol. The number of likely N-dealkylation sites (tertiary alicyclic amines) is 1. The van der Waals surface area contributed by atoms with E-state index in [0.29, 0.717) is 36.5 Å². The molecule has 0 atom stereocenters. The summed E-state index contributed by atoms with van der Waals surface area (Å²) in [6, 6.07) is 13.9. The molecule has 0 amide bonds. The van der Waals surface area contributed by atoms with Crippen molar-refractivity contribution in [1.82, 2.24) is 14.9 Å². The van der Waals surface area contributed by atoms with Gasteiger partial charge < -0.3 is 21.3 Å². The number of nitrogens with one attached hydrogen (secondary N) is 2. The summed E-state index contributed by atoms with van der Waals surface area (Å²) >= 11 is 6.78. The van der Waals surface area contributed by atoms with E-state index < -0.39 is 4.92 Å². The van der Waals surface area contributed by atoms with Crippen LogP contribution in [0.4, 0.5) is 17.5 Å². The second-order valence-electron chi connectivity index (χ2n) is 11.0. The number of hydrogen-bond acceptors (Lipinski definition) is 8. The van der Waals surface area contributed by atoms with E-state index in [9.17, 15) is 10.1 Å². The summed E-state index contributed by atoms with van der Waals surface area (Å²) in [6.07, 6.45) is 8.64. The van der Waals surface area contributed by atoms with E-state index in [0.717, 1.165) is 41.0 Å². The normalized spacial score (nSPS) is 19.4. The predicted molar refractivity (Wildman–Crippen MR) is 160 cm³/mol. The first-order valence-electron chi connectivity index (χ1n) is 14.3. The van der Waals surface area contributed by atoms with Crippen LogP contribution >= 0.6 is 11.6 Å². The van der Waals surface area contributed by atoms with Crippen LogP contribution in [0.1, 0.15) is 49.7 Å². The molecule has 1 aromatic heterocycles. The summed E-state index contributed by atoms with van der Waals surface area (Å²) in [5, 5.41) is 18.8. The fourth-order valence-corrected chi connectivity index (χ4v) is 6.20. The van der Waals surface area contributed by atoms with E-state index in [1.807, 2.05) is 42.5 Å². The molecule has 1 aliphatic heterocycles. The smallest absolute Gasteiger partial charge is 0.329 e. The Balaban J connectivity index is 1.20. The van der Waals surface area contributed by atoms with Gasteiger partial charge in [-0.05, 0) is 86.2 Å². The van der Waals surface area contributed by atoms with Gasteiger partial charge in [-0.1, -0.05) is 48.0 Å². The van der Waals surface area contributed by atoms with Gasteiger partial charge in [0.25, 0.3) is 0 Å². The lowest BCUT2D eigenvalue weighted by Crippen LogP contribution is -2.30. The second-order valence-corrected chi connectivity index (χ2v) is 11.4. The Morgan fingerprint density at radius 3 is 2.55 bits per heavy atom. The number of benzene rings is 2. The van der Waals surface area contributed by atoms with Gasteiger partial charge in [0.05, 0.1) is 9.95 Å². The maximum atomic E-state index is 11.7. The summed E-state index contributed by atoms with van der Waals surface area (Å²) in [6.45, 7) is 5.22. The Morgan fingerprint density at radius 2 is 1.80 bits per heavy atom. The van der Waals surface area contributed by atoms with E-state index in [-0.39, 0.29) is 11.5 Å². The number of anilines is 2. The van der Waals surface area contributed by atoms with Crippen molar-refractivity contribution in [2.45, 2.75) is 51.6 Å². The molecular formula is C30H38ClN7O2. The van der Waals surface area contributed by atoms with Gasteiger partial charge in [-0.15, -0.1) is 0 Å². The topological polar surface area (TPSA) is 122 Å². The predicted octanol–water partition coefficient (Wildman–Crippen LogP) is 6.09. The zero-order valence-corrected chi connectivity index (χ0v) is 23.6. The molecule has 0 unspecified atom stereocenters. The largest absolute Gasteiger partial charge is 0.364 e. The third kappa shape index (κ3) is 7.08. The number of rotatable bonds is 11. The fraction of sp³-hybridized carbons (Fsp3) is 0.467. The van der Waals surface area contributed by atoms with Gasteiger partial charge in [0, 0.05) is 31.7 Å². The van der Waals surface area contributed by atoms with Crippen LogP contribution < -0.4 is 16.4 Å². The Hall–Kier alpha value is -3.27. The van der Waals surface area contributed by atoms with Crippen molar-refractivity contribution < 1.29 is 4.92 Å². The highest BCUT2D eigenvalue weighted by atomic mass is 35.5. The van der Waals surface area contributed by atoms with Crippen LogP contribution in [-0.4, -0.2) is 46.0 Å². The molecule has 40 heavy (non-hydrogen) atoms. The average Bonchev–Trinajstić information content (AvgIpc) is 3.49. The molecule has 2 fully saturated rings. The molecule has 212 valence electrons. The Bertz CT molecular complexity index is 1310. The number of hydrogen-bond donors (Lipinski definition) is 3. The van der Waals surface area contributed by atoms with Gasteiger partial charge in [0.1, 0.15) is 6.20 Å². The Morgan fingerprint density at radius 1 is 1.05 bits per heavy atom. The molecule has 4 N–H and O–H groups in total. The van der Waals surface area contributed by atoms with Crippen molar-refractivity contribution in [1.29, 1.82) is 0 Å². The lowest BCUT2D eigenvalue weighted by molar-refractivity contribution is -0.384. The summed E-state index contributed by atoms with van der Waals surface area (Å²) in [7, 11) is 0. The molecule has 3 aromatic rings. The first kappa shape index (κ1) is 28.3. The van der Waals surface area contributed by atoms with Crippen LogP contribution in [0.5, 0.6) is 0 Å². The van der Waals surface area contributed by atoms with Crippen LogP contribution in [0.3, 0.4) is 0 Å². The van der Waals surface area contributed by atoms with Crippen molar-refractivity contribution in [3.8, 4) is 11.1 Å². The number of halogens is 1. The molecule has 10 heteroatoms. The summed E-state index contributed by atoms with van der Waals surface area (Å²) < 4.78 is 0. The lowest BCUT2D eigenvalue weighted by Gasteiger charge is -2.31. The van der Waals surface area contributed by atoms with Crippen LogP contribution in [0.15, 0.2) is 48.7 Å². The molecule has 2 aromatic carbocycles. The van der Waals surface area contributed by atoms with Crippen LogP contribution in [0, 0.1) is 22.0 Å². The van der Waals surface area contributed by atoms with Crippen LogP contribution in [-0.2, 0) is 13.1 Å². The standard InChI is InChI=1S/C30H38ClN7O2/c31-28-25(7-4-8-26(28)24-6-3-5-23(15-24)16-32)18-34-30-35-19-27(38(39)40)29(36-30)33-17-21-9-11-22(12-10-21)20-37-13-1-2-14-37/h3-8,15,19,21-22H,1-2,9-14,16-18,20,32H2,(H2,33,34,35,36). The highest BCUT2D eigenvalue weighted by Crippen LogP contribution is 2.33. The quantitative estimate of drug-likeness (QED) is 0.189. The van der Waals surface area contributed by atoms with Crippen molar-refractivity contribution in [2.75, 3.05) is 36.8 Å². The molecule has 0 spiro atoms. The van der Waals surface area contributed by atoms with Crippen molar-refractivity contribution in [3.05, 3.63) is 74.9 Å². The Labute approximate surface area is 240 Å². The molecule has 5 rings (SSSR count). The molecule has 9 nitrogen and oxygen atoms in total. The first-order valence-corrected chi connectivity index (χ1v) is 14.7. The van der Waals surface area contributed by atoms with Gasteiger partial charge in [-0.2, -0.15) is 4.98 Å². The van der Waals surface area contributed by atoms with E-state index in [2.05, 4.69) is 25.5 Å². The molecule has 2 aliphatic rings. The summed E-state index contributed by atoms with van der Waals surface area (Å²) in [5.41, 5.74) is 9.51. The molecule has 0 radical (unpaired) electrons. The zero-order valence-electron chi connectivity index (χ0n) is 22.8. The first-order chi connectivity index (χ1) is 19.5. The van der Waals surface area contributed by atoms with Crippen molar-refractivity contribution in [2.24, 2.45) is 17.6 Å².